The van der Waals surface area contributed by atoms with Gasteiger partial charge in [-0.15, -0.1) is 0 Å². The lowest BCUT2D eigenvalue weighted by atomic mass is 10.2. The van der Waals surface area contributed by atoms with E-state index in [4.69, 9.17) is 0 Å². The van der Waals surface area contributed by atoms with Crippen LogP contribution in [0.15, 0.2) is 70.6 Å². The Labute approximate surface area is 168 Å². The van der Waals surface area contributed by atoms with E-state index in [0.717, 1.165) is 15.9 Å². The molecule has 0 aromatic rings. The highest BCUT2D eigenvalue weighted by atomic mass is 32.2. The van der Waals surface area contributed by atoms with E-state index in [0.29, 0.717) is 0 Å². The van der Waals surface area contributed by atoms with Gasteiger partial charge in [-0.1, -0.05) is 36.5 Å². The second kappa shape index (κ2) is 8.96. The van der Waals surface area contributed by atoms with Gasteiger partial charge in [0.1, 0.15) is 0 Å². The summed E-state index contributed by atoms with van der Waals surface area (Å²) in [6, 6.07) is 0. The second-order valence-electron chi connectivity index (χ2n) is 6.02. The summed E-state index contributed by atoms with van der Waals surface area (Å²) in [5.74, 6) is 0. The largest absolute Gasteiger partial charge is 0.217 e. The van der Waals surface area contributed by atoms with Crippen LogP contribution in [-0.2, 0) is 30.9 Å². The van der Waals surface area contributed by atoms with E-state index in [1.54, 1.807) is 18.2 Å². The minimum Gasteiger partial charge on any atom is -0.184 e. The molecule has 6 nitrogen and oxygen atoms in total. The molecular formula is C18H15O6PS3. The van der Waals surface area contributed by atoms with Crippen molar-refractivity contribution in [3.05, 3.63) is 70.6 Å². The molecule has 3 aliphatic rings. The Balaban J connectivity index is 2.12. The summed E-state index contributed by atoms with van der Waals surface area (Å²) in [5.41, 5.74) is 0. The van der Waals surface area contributed by atoms with Gasteiger partial charge in [0.05, 0.1) is 14.6 Å². The second-order valence-corrected chi connectivity index (χ2v) is 11.4. The first-order valence-corrected chi connectivity index (χ1v) is 12.7. The maximum atomic E-state index is 11.4. The quantitative estimate of drug-likeness (QED) is 0.478. The van der Waals surface area contributed by atoms with Crippen LogP contribution >= 0.6 is 7.92 Å². The van der Waals surface area contributed by atoms with E-state index in [1.807, 2.05) is 18.2 Å². The monoisotopic (exact) mass is 454 g/mol. The van der Waals surface area contributed by atoms with Crippen molar-refractivity contribution in [3.63, 3.8) is 0 Å². The summed E-state index contributed by atoms with van der Waals surface area (Å²) in [6.45, 7) is 0. The third kappa shape index (κ3) is 4.67. The van der Waals surface area contributed by atoms with Gasteiger partial charge < -0.3 is 0 Å². The van der Waals surface area contributed by atoms with Crippen molar-refractivity contribution in [3.8, 4) is 0 Å². The smallest absolute Gasteiger partial charge is 0.184 e. The molecule has 146 valence electrons. The summed E-state index contributed by atoms with van der Waals surface area (Å²) >= 11 is 0. The topological polar surface area (TPSA) is 102 Å². The van der Waals surface area contributed by atoms with Crippen molar-refractivity contribution < 1.29 is 25.3 Å². The fourth-order valence-corrected chi connectivity index (χ4v) is 7.55. The van der Waals surface area contributed by atoms with Gasteiger partial charge in [-0.3, -0.25) is 0 Å². The van der Waals surface area contributed by atoms with Crippen molar-refractivity contribution >= 4 is 53.4 Å². The zero-order valence-corrected chi connectivity index (χ0v) is 17.8. The Morgan fingerprint density at radius 1 is 0.536 bits per heavy atom. The molecule has 0 radical (unpaired) electrons. The summed E-state index contributed by atoms with van der Waals surface area (Å²) in [4.78, 5) is 0.742. The summed E-state index contributed by atoms with van der Waals surface area (Å²) in [7, 11) is -8.28. The Bertz CT molecular complexity index is 1140. The molecule has 0 aliphatic heterocycles. The fourth-order valence-electron chi connectivity index (χ4n) is 3.05. The van der Waals surface area contributed by atoms with Crippen LogP contribution in [0.25, 0.3) is 0 Å². The molecule has 10 heteroatoms. The molecule has 0 N–H and O–H groups in total. The summed E-state index contributed by atoms with van der Waals surface area (Å²) in [6.07, 6.45) is 15.7. The third-order valence-electron chi connectivity index (χ3n) is 4.28. The van der Waals surface area contributed by atoms with Crippen LogP contribution in [0, 0.1) is 0 Å². The third-order valence-corrected chi connectivity index (χ3v) is 9.05. The minimum atomic E-state index is -2.35. The Morgan fingerprint density at radius 3 is 1.07 bits per heavy atom. The lowest BCUT2D eigenvalue weighted by Gasteiger charge is -2.29. The molecule has 0 atom stereocenters. The van der Waals surface area contributed by atoms with Crippen molar-refractivity contribution in [2.24, 2.45) is 0 Å². The highest BCUT2D eigenvalue weighted by Crippen LogP contribution is 2.63. The van der Waals surface area contributed by atoms with Crippen LogP contribution in [0.4, 0.5) is 0 Å². The molecule has 0 amide bonds. The lowest BCUT2D eigenvalue weighted by molar-refractivity contribution is 0.625. The fraction of sp³-hybridized carbons (Fsp3) is 0.167. The Hall–Kier alpha value is -2.06. The van der Waals surface area contributed by atoms with Gasteiger partial charge >= 0.3 is 0 Å². The van der Waals surface area contributed by atoms with Gasteiger partial charge in [-0.2, -0.15) is 25.3 Å². The van der Waals surface area contributed by atoms with Crippen LogP contribution < -0.4 is 0 Å². The lowest BCUT2D eigenvalue weighted by Crippen LogP contribution is -2.09. The van der Waals surface area contributed by atoms with Gasteiger partial charge in [-0.25, -0.2) is 0 Å². The minimum absolute atomic E-state index is 0.214. The molecule has 0 aromatic heterocycles. The van der Waals surface area contributed by atoms with Crippen molar-refractivity contribution in [2.45, 2.75) is 19.3 Å². The van der Waals surface area contributed by atoms with E-state index in [1.165, 1.54) is 18.2 Å². The predicted octanol–water partition coefficient (Wildman–Crippen LogP) is 2.15. The van der Waals surface area contributed by atoms with Crippen molar-refractivity contribution in [1.82, 2.24) is 0 Å². The van der Waals surface area contributed by atoms with Crippen molar-refractivity contribution in [2.75, 3.05) is 0 Å². The van der Waals surface area contributed by atoms with E-state index in [2.05, 4.69) is 0 Å². The zero-order chi connectivity index (χ0) is 20.3. The molecule has 0 saturated carbocycles. The van der Waals surface area contributed by atoms with E-state index >= 15 is 0 Å². The van der Waals surface area contributed by atoms with Crippen LogP contribution in [-0.4, -0.2) is 39.8 Å². The normalized spacial score (nSPS) is 18.8. The number of hydrogen-bond acceptors (Lipinski definition) is 6. The molecule has 3 rings (SSSR count). The first-order chi connectivity index (χ1) is 13.4. The molecule has 0 aromatic carbocycles. The average Bonchev–Trinajstić information content (AvgIpc) is 2.69. The predicted molar refractivity (Wildman–Crippen MR) is 114 cm³/mol. The highest BCUT2D eigenvalue weighted by molar-refractivity contribution is 7.75. The molecule has 3 aliphatic carbocycles. The maximum absolute atomic E-state index is 11.4. The van der Waals surface area contributed by atoms with Crippen LogP contribution in [0.5, 0.6) is 0 Å². The number of rotatable bonds is 3. The molecule has 0 unspecified atom stereocenters. The number of hydrogen-bond donors (Lipinski definition) is 0. The Morgan fingerprint density at radius 2 is 0.821 bits per heavy atom. The first-order valence-electron chi connectivity index (χ1n) is 8.14. The standard InChI is InChI=1S/C18H15O6PS3/c19-26(20)16-7-1-4-13(10-16)25(14-5-2-8-17(11-14)27(21)22)15-6-3-9-18(12-15)28(23)24/h1-9H,10-12H2. The molecule has 28 heavy (non-hydrogen) atoms. The van der Waals surface area contributed by atoms with Crippen molar-refractivity contribution in [1.29, 1.82) is 0 Å². The van der Waals surface area contributed by atoms with Crippen LogP contribution in [0.3, 0.4) is 0 Å². The van der Waals surface area contributed by atoms with Gasteiger partial charge in [0, 0.05) is 19.3 Å². The van der Waals surface area contributed by atoms with Gasteiger partial charge in [0.25, 0.3) is 0 Å². The molecular weight excluding hydrogens is 439 g/mol. The maximum Gasteiger partial charge on any atom is 0.217 e. The zero-order valence-electron chi connectivity index (χ0n) is 14.4. The summed E-state index contributed by atoms with van der Waals surface area (Å²) in [5, 5.41) is 2.52. The van der Waals surface area contributed by atoms with Gasteiger partial charge in [0.2, 0.25) is 30.9 Å². The molecule has 0 heterocycles. The SMILES string of the molecule is O=S(=O)=C1C=CC=C(P(C2=CC=CC(=S(=O)=O)C2)C2=CC=CC(=S(=O)=O)C2)C1. The average molecular weight is 454 g/mol. The number of allylic oxidation sites excluding steroid dienone is 12. The molecule has 0 bridgehead atoms. The highest BCUT2D eigenvalue weighted by Gasteiger charge is 2.28. The first kappa shape index (κ1) is 20.7. The van der Waals surface area contributed by atoms with E-state index in [-0.39, 0.29) is 33.9 Å². The van der Waals surface area contributed by atoms with Crippen LogP contribution in [0.2, 0.25) is 0 Å². The van der Waals surface area contributed by atoms with Crippen LogP contribution in [0.1, 0.15) is 19.3 Å². The summed E-state index contributed by atoms with van der Waals surface area (Å²) < 4.78 is 68.6. The molecule has 0 fully saturated rings. The molecule has 0 saturated heterocycles. The Kier molecular flexibility index (Phi) is 6.61. The van der Waals surface area contributed by atoms with E-state index in [9.17, 15) is 25.3 Å². The molecule has 0 spiro atoms. The van der Waals surface area contributed by atoms with Gasteiger partial charge in [0.15, 0.2) is 0 Å². The van der Waals surface area contributed by atoms with Gasteiger partial charge in [-0.05, 0) is 42.1 Å². The van der Waals surface area contributed by atoms with E-state index < -0.39 is 38.8 Å².